The Hall–Kier alpha value is -0.570. The standard InChI is InChI=1S/C7H12O3/c1-5(8)10-7-3-2-6(9)4-7/h6-7,9H,2-4H2,1H3. The third-order valence-corrected chi connectivity index (χ3v) is 1.69. The van der Waals surface area contributed by atoms with Crippen LogP contribution in [0.4, 0.5) is 0 Å². The average Bonchev–Trinajstić information content (AvgIpc) is 2.13. The van der Waals surface area contributed by atoms with E-state index in [1.54, 1.807) is 0 Å². The van der Waals surface area contributed by atoms with Crippen LogP contribution >= 0.6 is 0 Å². The highest BCUT2D eigenvalue weighted by Crippen LogP contribution is 2.21. The molecule has 3 heteroatoms. The number of ether oxygens (including phenoxy) is 1. The lowest BCUT2D eigenvalue weighted by Gasteiger charge is -2.08. The van der Waals surface area contributed by atoms with Crippen LogP contribution in [0.2, 0.25) is 0 Å². The van der Waals surface area contributed by atoms with Gasteiger partial charge < -0.3 is 9.84 Å². The van der Waals surface area contributed by atoms with Crippen molar-refractivity contribution in [1.82, 2.24) is 0 Å². The summed E-state index contributed by atoms with van der Waals surface area (Å²) in [5.41, 5.74) is 0. The van der Waals surface area contributed by atoms with Crippen LogP contribution < -0.4 is 0 Å². The molecule has 0 amide bonds. The van der Waals surface area contributed by atoms with Crippen molar-refractivity contribution in [2.45, 2.75) is 38.4 Å². The Labute approximate surface area is 60.0 Å². The number of rotatable bonds is 1. The summed E-state index contributed by atoms with van der Waals surface area (Å²) in [6, 6.07) is 0. The molecule has 0 heterocycles. The maximum Gasteiger partial charge on any atom is 0.302 e. The molecule has 2 unspecified atom stereocenters. The summed E-state index contributed by atoms with van der Waals surface area (Å²) in [5.74, 6) is -0.251. The molecule has 1 saturated carbocycles. The summed E-state index contributed by atoms with van der Waals surface area (Å²) in [5, 5.41) is 9.02. The molecular formula is C7H12O3. The number of aliphatic hydroxyl groups excluding tert-OH is 1. The molecule has 0 aromatic heterocycles. The van der Waals surface area contributed by atoms with Crippen molar-refractivity contribution < 1.29 is 14.6 Å². The van der Waals surface area contributed by atoms with Crippen LogP contribution in [0.25, 0.3) is 0 Å². The Morgan fingerprint density at radius 1 is 1.60 bits per heavy atom. The van der Waals surface area contributed by atoms with E-state index in [0.29, 0.717) is 6.42 Å². The number of esters is 1. The van der Waals surface area contributed by atoms with Gasteiger partial charge in [-0.05, 0) is 12.8 Å². The average molecular weight is 144 g/mol. The second kappa shape index (κ2) is 3.01. The molecule has 1 rings (SSSR count). The van der Waals surface area contributed by atoms with Crippen molar-refractivity contribution in [2.75, 3.05) is 0 Å². The molecule has 10 heavy (non-hydrogen) atoms. The molecule has 58 valence electrons. The summed E-state index contributed by atoms with van der Waals surface area (Å²) in [6.45, 7) is 1.39. The first-order valence-corrected chi connectivity index (χ1v) is 3.54. The van der Waals surface area contributed by atoms with E-state index >= 15 is 0 Å². The fraction of sp³-hybridized carbons (Fsp3) is 0.857. The van der Waals surface area contributed by atoms with Crippen molar-refractivity contribution in [3.63, 3.8) is 0 Å². The van der Waals surface area contributed by atoms with E-state index in [4.69, 9.17) is 9.84 Å². The topological polar surface area (TPSA) is 46.5 Å². The van der Waals surface area contributed by atoms with Gasteiger partial charge in [-0.1, -0.05) is 0 Å². The largest absolute Gasteiger partial charge is 0.462 e. The lowest BCUT2D eigenvalue weighted by atomic mass is 10.3. The first kappa shape index (κ1) is 7.54. The zero-order valence-electron chi connectivity index (χ0n) is 6.04. The molecule has 0 radical (unpaired) electrons. The molecule has 1 N–H and O–H groups in total. The number of carbonyl (C=O) groups excluding carboxylic acids is 1. The molecule has 0 spiro atoms. The van der Waals surface area contributed by atoms with Gasteiger partial charge in [0.1, 0.15) is 6.10 Å². The van der Waals surface area contributed by atoms with Gasteiger partial charge in [-0.2, -0.15) is 0 Å². The first-order valence-electron chi connectivity index (χ1n) is 3.54. The summed E-state index contributed by atoms with van der Waals surface area (Å²) >= 11 is 0. The van der Waals surface area contributed by atoms with Gasteiger partial charge in [0.2, 0.25) is 0 Å². The zero-order valence-corrected chi connectivity index (χ0v) is 6.04. The smallest absolute Gasteiger partial charge is 0.302 e. The zero-order chi connectivity index (χ0) is 7.56. The molecule has 0 saturated heterocycles. The van der Waals surface area contributed by atoms with Crippen LogP contribution in [-0.4, -0.2) is 23.3 Å². The lowest BCUT2D eigenvalue weighted by molar-refractivity contribution is -0.146. The minimum absolute atomic E-state index is 0.0347. The van der Waals surface area contributed by atoms with Crippen LogP contribution in [-0.2, 0) is 9.53 Å². The predicted molar refractivity (Wildman–Crippen MR) is 35.4 cm³/mol. The van der Waals surface area contributed by atoms with Gasteiger partial charge >= 0.3 is 5.97 Å². The van der Waals surface area contributed by atoms with Crippen molar-refractivity contribution in [3.8, 4) is 0 Å². The molecule has 1 aliphatic carbocycles. The fourth-order valence-electron chi connectivity index (χ4n) is 1.26. The number of aliphatic hydroxyl groups is 1. The first-order chi connectivity index (χ1) is 4.68. The normalized spacial score (nSPS) is 32.2. The van der Waals surface area contributed by atoms with Crippen LogP contribution in [0.1, 0.15) is 26.2 Å². The van der Waals surface area contributed by atoms with Crippen molar-refractivity contribution in [2.24, 2.45) is 0 Å². The highest BCUT2D eigenvalue weighted by atomic mass is 16.5. The lowest BCUT2D eigenvalue weighted by Crippen LogP contribution is -2.13. The van der Waals surface area contributed by atoms with Gasteiger partial charge in [0, 0.05) is 13.3 Å². The van der Waals surface area contributed by atoms with Crippen LogP contribution in [0.5, 0.6) is 0 Å². The Kier molecular flexibility index (Phi) is 2.27. The summed E-state index contributed by atoms with van der Waals surface area (Å²) in [4.78, 5) is 10.4. The van der Waals surface area contributed by atoms with Crippen LogP contribution in [0, 0.1) is 0 Å². The number of hydrogen-bond acceptors (Lipinski definition) is 3. The van der Waals surface area contributed by atoms with Crippen LogP contribution in [0.15, 0.2) is 0 Å². The Morgan fingerprint density at radius 3 is 2.70 bits per heavy atom. The minimum Gasteiger partial charge on any atom is -0.462 e. The van der Waals surface area contributed by atoms with Gasteiger partial charge in [-0.25, -0.2) is 0 Å². The summed E-state index contributed by atoms with van der Waals surface area (Å²) in [6.07, 6.45) is 1.88. The third-order valence-electron chi connectivity index (χ3n) is 1.69. The van der Waals surface area contributed by atoms with Crippen molar-refractivity contribution in [3.05, 3.63) is 0 Å². The van der Waals surface area contributed by atoms with Crippen molar-refractivity contribution >= 4 is 5.97 Å². The van der Waals surface area contributed by atoms with E-state index in [0.717, 1.165) is 12.8 Å². The molecule has 2 atom stereocenters. The highest BCUT2D eigenvalue weighted by molar-refractivity contribution is 5.66. The van der Waals surface area contributed by atoms with Gasteiger partial charge in [-0.3, -0.25) is 4.79 Å². The van der Waals surface area contributed by atoms with Gasteiger partial charge in [0.15, 0.2) is 0 Å². The van der Waals surface area contributed by atoms with Crippen molar-refractivity contribution in [1.29, 1.82) is 0 Å². The molecule has 0 aliphatic heterocycles. The quantitative estimate of drug-likeness (QED) is 0.544. The molecule has 0 aromatic rings. The number of carbonyl (C=O) groups is 1. The molecular weight excluding hydrogens is 132 g/mol. The second-order valence-electron chi connectivity index (χ2n) is 2.70. The molecule has 1 aliphatic rings. The van der Waals surface area contributed by atoms with E-state index in [-0.39, 0.29) is 18.2 Å². The Bertz CT molecular complexity index is 133. The molecule has 1 fully saturated rings. The van der Waals surface area contributed by atoms with Crippen LogP contribution in [0.3, 0.4) is 0 Å². The summed E-state index contributed by atoms with van der Waals surface area (Å²) < 4.78 is 4.88. The highest BCUT2D eigenvalue weighted by Gasteiger charge is 2.24. The van der Waals surface area contributed by atoms with E-state index in [1.165, 1.54) is 6.92 Å². The molecule has 0 bridgehead atoms. The maximum absolute atomic E-state index is 10.4. The van der Waals surface area contributed by atoms with E-state index in [9.17, 15) is 4.79 Å². The second-order valence-corrected chi connectivity index (χ2v) is 2.70. The van der Waals surface area contributed by atoms with E-state index in [1.807, 2.05) is 0 Å². The fourth-order valence-corrected chi connectivity index (χ4v) is 1.26. The third kappa shape index (κ3) is 1.99. The van der Waals surface area contributed by atoms with Gasteiger partial charge in [0.05, 0.1) is 6.10 Å². The Balaban J connectivity index is 2.24. The number of hydrogen-bond donors (Lipinski definition) is 1. The molecule has 0 aromatic carbocycles. The SMILES string of the molecule is CC(=O)OC1CCC(O)C1. The van der Waals surface area contributed by atoms with E-state index in [2.05, 4.69) is 0 Å². The summed E-state index contributed by atoms with van der Waals surface area (Å²) in [7, 11) is 0. The Morgan fingerprint density at radius 2 is 2.30 bits per heavy atom. The predicted octanol–water partition coefficient (Wildman–Crippen LogP) is 0.463. The van der Waals surface area contributed by atoms with Gasteiger partial charge in [-0.15, -0.1) is 0 Å². The minimum atomic E-state index is -0.260. The monoisotopic (exact) mass is 144 g/mol. The van der Waals surface area contributed by atoms with E-state index < -0.39 is 0 Å². The maximum atomic E-state index is 10.4. The van der Waals surface area contributed by atoms with Gasteiger partial charge in [0.25, 0.3) is 0 Å². The molecule has 3 nitrogen and oxygen atoms in total.